The first-order valence-corrected chi connectivity index (χ1v) is 8.49. The lowest BCUT2D eigenvalue weighted by atomic mass is 10.1. The second kappa shape index (κ2) is 7.96. The Kier molecular flexibility index (Phi) is 5.96. The number of amides is 1. The summed E-state index contributed by atoms with van der Waals surface area (Å²) < 4.78 is 5.88. The molecule has 0 radical (unpaired) electrons. The quantitative estimate of drug-likeness (QED) is 0.872. The Bertz CT molecular complexity index is 750. The van der Waals surface area contributed by atoms with Gasteiger partial charge in [-0.1, -0.05) is 6.07 Å². The number of benzene rings is 1. The highest BCUT2D eigenvalue weighted by Gasteiger charge is 2.22. The molecule has 2 rings (SSSR count). The van der Waals surface area contributed by atoms with Crippen molar-refractivity contribution >= 4 is 11.9 Å². The van der Waals surface area contributed by atoms with Crippen LogP contribution in [0.5, 0.6) is 5.75 Å². The first kappa shape index (κ1) is 18.7. The lowest BCUT2D eigenvalue weighted by Gasteiger charge is -2.21. The summed E-state index contributed by atoms with van der Waals surface area (Å²) in [6, 6.07) is 5.99. The van der Waals surface area contributed by atoms with Crippen molar-refractivity contribution < 1.29 is 9.53 Å². The molecule has 1 aromatic carbocycles. The third-order valence-corrected chi connectivity index (χ3v) is 4.02. The number of ether oxygens (including phenoxy) is 1. The van der Waals surface area contributed by atoms with Crippen LogP contribution in [-0.4, -0.2) is 33.9 Å². The van der Waals surface area contributed by atoms with Crippen LogP contribution in [0.25, 0.3) is 0 Å². The fourth-order valence-electron chi connectivity index (χ4n) is 2.88. The zero-order valence-corrected chi connectivity index (χ0v) is 15.6. The highest BCUT2D eigenvalue weighted by atomic mass is 16.5. The number of nitrogens with zero attached hydrogens (tertiary/aromatic N) is 3. The van der Waals surface area contributed by atoms with Gasteiger partial charge in [0.2, 0.25) is 5.95 Å². The number of carbonyl (C=O) groups is 1. The lowest BCUT2D eigenvalue weighted by Crippen LogP contribution is -2.32. The van der Waals surface area contributed by atoms with Crippen LogP contribution in [0.15, 0.2) is 18.2 Å². The molecule has 6 nitrogen and oxygen atoms in total. The smallest absolute Gasteiger partial charge is 0.257 e. The minimum Gasteiger partial charge on any atom is -0.487 e. The van der Waals surface area contributed by atoms with Gasteiger partial charge in [0.15, 0.2) is 0 Å². The molecule has 25 heavy (non-hydrogen) atoms. The van der Waals surface area contributed by atoms with Gasteiger partial charge in [-0.2, -0.15) is 0 Å². The van der Waals surface area contributed by atoms with E-state index in [2.05, 4.69) is 16.0 Å². The maximum absolute atomic E-state index is 12.8. The minimum absolute atomic E-state index is 0.0958. The van der Waals surface area contributed by atoms with Crippen molar-refractivity contribution in [3.8, 4) is 5.75 Å². The van der Waals surface area contributed by atoms with E-state index in [1.54, 1.807) is 11.8 Å². The molecule has 0 spiro atoms. The van der Waals surface area contributed by atoms with Gasteiger partial charge in [-0.3, -0.25) is 4.79 Å². The normalized spacial score (nSPS) is 10.6. The summed E-state index contributed by atoms with van der Waals surface area (Å²) in [5.41, 5.74) is 9.58. The largest absolute Gasteiger partial charge is 0.487 e. The highest BCUT2D eigenvalue weighted by molar-refractivity contribution is 5.96. The topological polar surface area (TPSA) is 81.3 Å². The molecule has 0 saturated carbocycles. The fourth-order valence-corrected chi connectivity index (χ4v) is 2.88. The Morgan fingerprint density at radius 1 is 1.08 bits per heavy atom. The van der Waals surface area contributed by atoms with Crippen LogP contribution in [0.1, 0.15) is 46.7 Å². The number of rotatable bonds is 6. The first-order chi connectivity index (χ1) is 11.8. The van der Waals surface area contributed by atoms with E-state index in [0.717, 1.165) is 16.9 Å². The van der Waals surface area contributed by atoms with Crippen molar-refractivity contribution in [1.29, 1.82) is 0 Å². The average molecular weight is 342 g/mol. The number of hydrogen-bond acceptors (Lipinski definition) is 5. The summed E-state index contributed by atoms with van der Waals surface area (Å²) >= 11 is 0. The number of anilines is 1. The molecule has 134 valence electrons. The number of nitrogen functional groups attached to an aromatic ring is 1. The second-order valence-corrected chi connectivity index (χ2v) is 6.08. The first-order valence-electron chi connectivity index (χ1n) is 8.49. The molecule has 0 fully saturated rings. The van der Waals surface area contributed by atoms with Crippen molar-refractivity contribution in [2.75, 3.05) is 18.8 Å². The van der Waals surface area contributed by atoms with E-state index in [1.807, 2.05) is 39.8 Å². The summed E-state index contributed by atoms with van der Waals surface area (Å²) in [7, 11) is 0. The molecule has 0 atom stereocenters. The molecule has 6 heteroatoms. The van der Waals surface area contributed by atoms with Gasteiger partial charge < -0.3 is 15.4 Å². The molecule has 0 saturated heterocycles. The van der Waals surface area contributed by atoms with Crippen LogP contribution < -0.4 is 10.5 Å². The summed E-state index contributed by atoms with van der Waals surface area (Å²) in [5.74, 6) is 0.794. The molecule has 0 aliphatic rings. The number of aromatic nitrogens is 2. The van der Waals surface area contributed by atoms with E-state index in [0.29, 0.717) is 30.0 Å². The zero-order valence-electron chi connectivity index (χ0n) is 15.6. The maximum Gasteiger partial charge on any atom is 0.257 e. The van der Waals surface area contributed by atoms with Gasteiger partial charge in [-0.05, 0) is 57.9 Å². The third kappa shape index (κ3) is 4.47. The van der Waals surface area contributed by atoms with Gasteiger partial charge in [0.1, 0.15) is 12.4 Å². The number of hydrogen-bond donors (Lipinski definition) is 1. The number of carbonyl (C=O) groups excluding carboxylic acids is 1. The van der Waals surface area contributed by atoms with Gasteiger partial charge >= 0.3 is 0 Å². The SMILES string of the molecule is CCN(CC)C(=O)c1c(C)nc(N)nc1COc1cc(C)cc(C)c1. The van der Waals surface area contributed by atoms with Crippen LogP contribution in [-0.2, 0) is 6.61 Å². The Hall–Kier alpha value is -2.63. The average Bonchev–Trinajstić information content (AvgIpc) is 2.52. The molecular weight excluding hydrogens is 316 g/mol. The highest BCUT2D eigenvalue weighted by Crippen LogP contribution is 2.20. The van der Waals surface area contributed by atoms with E-state index in [1.165, 1.54) is 0 Å². The van der Waals surface area contributed by atoms with E-state index in [4.69, 9.17) is 10.5 Å². The maximum atomic E-state index is 12.8. The van der Waals surface area contributed by atoms with Gasteiger partial charge in [0.25, 0.3) is 5.91 Å². The van der Waals surface area contributed by atoms with Crippen molar-refractivity contribution in [1.82, 2.24) is 14.9 Å². The van der Waals surface area contributed by atoms with Gasteiger partial charge in [-0.15, -0.1) is 0 Å². The van der Waals surface area contributed by atoms with Gasteiger partial charge in [0.05, 0.1) is 17.0 Å². The van der Waals surface area contributed by atoms with E-state index in [9.17, 15) is 4.79 Å². The molecule has 0 aliphatic heterocycles. The predicted octanol–water partition coefficient (Wildman–Crippen LogP) is 3.05. The van der Waals surface area contributed by atoms with Crippen LogP contribution in [0, 0.1) is 20.8 Å². The Morgan fingerprint density at radius 3 is 2.24 bits per heavy atom. The van der Waals surface area contributed by atoms with Gasteiger partial charge in [-0.25, -0.2) is 9.97 Å². The molecule has 2 aromatic rings. The second-order valence-electron chi connectivity index (χ2n) is 6.08. The molecule has 0 aliphatic carbocycles. The van der Waals surface area contributed by atoms with Crippen molar-refractivity contribution in [3.05, 3.63) is 46.3 Å². The Balaban J connectivity index is 2.34. The van der Waals surface area contributed by atoms with E-state index < -0.39 is 0 Å². The molecule has 1 aromatic heterocycles. The molecule has 0 bridgehead atoms. The van der Waals surface area contributed by atoms with Crippen LogP contribution in [0.3, 0.4) is 0 Å². The predicted molar refractivity (Wildman–Crippen MR) is 98.7 cm³/mol. The zero-order chi connectivity index (χ0) is 18.6. The minimum atomic E-state index is -0.0958. The van der Waals surface area contributed by atoms with Crippen LogP contribution in [0.2, 0.25) is 0 Å². The molecule has 1 heterocycles. The number of aryl methyl sites for hydroxylation is 3. The monoisotopic (exact) mass is 342 g/mol. The van der Waals surface area contributed by atoms with Crippen molar-refractivity contribution in [3.63, 3.8) is 0 Å². The van der Waals surface area contributed by atoms with Crippen molar-refractivity contribution in [2.45, 2.75) is 41.2 Å². The third-order valence-electron chi connectivity index (χ3n) is 4.02. The summed E-state index contributed by atoms with van der Waals surface area (Å²) in [5, 5.41) is 0. The summed E-state index contributed by atoms with van der Waals surface area (Å²) in [4.78, 5) is 23.0. The van der Waals surface area contributed by atoms with Crippen LogP contribution in [0.4, 0.5) is 5.95 Å². The van der Waals surface area contributed by atoms with Gasteiger partial charge in [0, 0.05) is 13.1 Å². The Labute approximate surface area is 149 Å². The van der Waals surface area contributed by atoms with E-state index >= 15 is 0 Å². The lowest BCUT2D eigenvalue weighted by molar-refractivity contribution is 0.0768. The molecular formula is C19H26N4O2. The summed E-state index contributed by atoms with van der Waals surface area (Å²) in [6.45, 7) is 11.1. The van der Waals surface area contributed by atoms with E-state index in [-0.39, 0.29) is 18.5 Å². The van der Waals surface area contributed by atoms with Crippen molar-refractivity contribution in [2.24, 2.45) is 0 Å². The molecule has 1 amide bonds. The summed E-state index contributed by atoms with van der Waals surface area (Å²) in [6.07, 6.45) is 0. The molecule has 2 N–H and O–H groups in total. The van der Waals surface area contributed by atoms with Crippen LogP contribution >= 0.6 is 0 Å². The fraction of sp³-hybridized carbons (Fsp3) is 0.421. The Morgan fingerprint density at radius 2 is 1.68 bits per heavy atom. The standard InChI is InChI=1S/C19H26N4O2/c1-6-23(7-2)18(24)17-14(5)21-19(20)22-16(17)11-25-15-9-12(3)8-13(4)10-15/h8-10H,6-7,11H2,1-5H3,(H2,20,21,22). The molecule has 0 unspecified atom stereocenters. The number of nitrogens with two attached hydrogens (primary N) is 1.